The summed E-state index contributed by atoms with van der Waals surface area (Å²) < 4.78 is 0. The minimum absolute atomic E-state index is 0.637. The molecule has 0 radical (unpaired) electrons. The molecular weight excluding hydrogens is 304 g/mol. The fourth-order valence-corrected chi connectivity index (χ4v) is 4.27. The van der Waals surface area contributed by atoms with Crippen LogP contribution in [0.1, 0.15) is 18.4 Å². The van der Waals surface area contributed by atoms with Crippen LogP contribution in [-0.2, 0) is 5.75 Å². The molecule has 0 saturated carbocycles. The van der Waals surface area contributed by atoms with Crippen LogP contribution in [0.25, 0.3) is 0 Å². The first kappa shape index (κ1) is 15.0. The normalized spacial score (nSPS) is 23.7. The molecule has 0 atom stereocenters. The lowest BCUT2D eigenvalue weighted by molar-refractivity contribution is 0.250. The molecule has 2 aromatic rings. The summed E-state index contributed by atoms with van der Waals surface area (Å²) in [7, 11) is 0. The zero-order valence-corrected chi connectivity index (χ0v) is 14.1. The highest BCUT2D eigenvalue weighted by Crippen LogP contribution is 2.27. The average Bonchev–Trinajstić information content (AvgIpc) is 2.95. The van der Waals surface area contributed by atoms with E-state index < -0.39 is 0 Å². The van der Waals surface area contributed by atoms with Crippen LogP contribution in [-0.4, -0.2) is 47.1 Å². The first-order valence-electron chi connectivity index (χ1n) is 8.36. The number of piperidine rings is 1. The monoisotopic (exact) mass is 326 g/mol. The maximum atomic E-state index is 4.88. The third-order valence-corrected chi connectivity index (χ3v) is 5.75. The largest absolute Gasteiger partial charge is 0.351 e. The van der Waals surface area contributed by atoms with Gasteiger partial charge < -0.3 is 9.80 Å². The van der Waals surface area contributed by atoms with Crippen molar-refractivity contribution in [3.05, 3.63) is 48.3 Å². The van der Waals surface area contributed by atoms with Crippen molar-refractivity contribution in [2.24, 2.45) is 0 Å². The van der Waals surface area contributed by atoms with E-state index in [4.69, 9.17) is 4.98 Å². The van der Waals surface area contributed by atoms with Crippen LogP contribution >= 0.6 is 11.8 Å². The number of rotatable bonds is 4. The highest BCUT2D eigenvalue weighted by molar-refractivity contribution is 7.98. The van der Waals surface area contributed by atoms with Gasteiger partial charge in [0.1, 0.15) is 10.8 Å². The molecule has 0 unspecified atom stereocenters. The second-order valence-corrected chi connectivity index (χ2v) is 7.25. The summed E-state index contributed by atoms with van der Waals surface area (Å²) in [5.41, 5.74) is 1.32. The average molecular weight is 326 g/mol. The van der Waals surface area contributed by atoms with Gasteiger partial charge in [-0.2, -0.15) is 0 Å². The number of benzene rings is 1. The third kappa shape index (κ3) is 3.51. The molecule has 2 bridgehead atoms. The minimum Gasteiger partial charge on any atom is -0.351 e. The van der Waals surface area contributed by atoms with Gasteiger partial charge in [0, 0.05) is 38.0 Å². The summed E-state index contributed by atoms with van der Waals surface area (Å²) in [6, 6.07) is 11.2. The Hall–Kier alpha value is -1.59. The number of aromatic nitrogens is 2. The standard InChI is InChI=1S/C18H22N4S/c1-2-4-15(5-3-1)14-23-18-13-19-12-17(20-18)22-11-10-21-8-6-16(22)7-9-21/h1-5,12-13,16H,6-11,14H2. The van der Waals surface area contributed by atoms with Crippen molar-refractivity contribution in [1.29, 1.82) is 0 Å². The van der Waals surface area contributed by atoms with Gasteiger partial charge in [0.15, 0.2) is 0 Å². The lowest BCUT2D eigenvalue weighted by atomic mass is 10.1. The predicted molar refractivity (Wildman–Crippen MR) is 94.8 cm³/mol. The van der Waals surface area contributed by atoms with Crippen LogP contribution in [0.5, 0.6) is 0 Å². The molecule has 4 nitrogen and oxygen atoms in total. The molecule has 3 aliphatic rings. The van der Waals surface area contributed by atoms with Gasteiger partial charge in [-0.1, -0.05) is 30.3 Å². The van der Waals surface area contributed by atoms with Crippen LogP contribution < -0.4 is 4.90 Å². The van der Waals surface area contributed by atoms with Gasteiger partial charge in [0.25, 0.3) is 0 Å². The van der Waals surface area contributed by atoms with Crippen molar-refractivity contribution < 1.29 is 0 Å². The summed E-state index contributed by atoms with van der Waals surface area (Å²) in [4.78, 5) is 14.4. The van der Waals surface area contributed by atoms with Crippen molar-refractivity contribution in [1.82, 2.24) is 14.9 Å². The zero-order valence-electron chi connectivity index (χ0n) is 13.3. The van der Waals surface area contributed by atoms with E-state index in [1.165, 1.54) is 31.5 Å². The fraction of sp³-hybridized carbons (Fsp3) is 0.444. The first-order valence-corrected chi connectivity index (χ1v) is 9.35. The summed E-state index contributed by atoms with van der Waals surface area (Å²) in [6.07, 6.45) is 6.32. The van der Waals surface area contributed by atoms with Crippen LogP contribution in [0.4, 0.5) is 5.82 Å². The Bertz CT molecular complexity index is 640. The molecule has 3 aliphatic heterocycles. The Labute approximate surface area is 141 Å². The van der Waals surface area contributed by atoms with Crippen LogP contribution in [0.3, 0.4) is 0 Å². The van der Waals surface area contributed by atoms with Crippen LogP contribution in [0, 0.1) is 0 Å². The molecule has 3 fully saturated rings. The molecular formula is C18H22N4S. The second kappa shape index (κ2) is 6.89. The smallest absolute Gasteiger partial charge is 0.148 e. The maximum absolute atomic E-state index is 4.88. The summed E-state index contributed by atoms with van der Waals surface area (Å²) in [5.74, 6) is 1.99. The van der Waals surface area contributed by atoms with Crippen molar-refractivity contribution in [2.75, 3.05) is 31.1 Å². The topological polar surface area (TPSA) is 32.3 Å². The lowest BCUT2D eigenvalue weighted by Crippen LogP contribution is -2.38. The first-order chi connectivity index (χ1) is 11.4. The molecule has 0 aliphatic carbocycles. The van der Waals surface area contributed by atoms with Gasteiger partial charge in [0.2, 0.25) is 0 Å². The van der Waals surface area contributed by atoms with E-state index in [0.717, 1.165) is 29.7 Å². The molecule has 0 N–H and O–H groups in total. The SMILES string of the molecule is c1ccc(CSc2cncc(N3CCN4CCC3CC4)n2)cc1. The van der Waals surface area contributed by atoms with Crippen molar-refractivity contribution >= 4 is 17.6 Å². The van der Waals surface area contributed by atoms with Crippen molar-refractivity contribution in [3.8, 4) is 0 Å². The van der Waals surface area contributed by atoms with E-state index in [1.807, 2.05) is 12.4 Å². The van der Waals surface area contributed by atoms with E-state index >= 15 is 0 Å². The zero-order chi connectivity index (χ0) is 15.5. The summed E-state index contributed by atoms with van der Waals surface area (Å²) in [6.45, 7) is 4.69. The van der Waals surface area contributed by atoms with Crippen molar-refractivity contribution in [3.63, 3.8) is 0 Å². The van der Waals surface area contributed by atoms with E-state index in [2.05, 4.69) is 45.1 Å². The quantitative estimate of drug-likeness (QED) is 0.806. The number of fused-ring (bicyclic) bond motifs is 4. The van der Waals surface area contributed by atoms with Gasteiger partial charge in [-0.15, -0.1) is 11.8 Å². The Morgan fingerprint density at radius 1 is 1.00 bits per heavy atom. The Balaban J connectivity index is 1.47. The number of anilines is 1. The van der Waals surface area contributed by atoms with Gasteiger partial charge in [-0.3, -0.25) is 4.98 Å². The van der Waals surface area contributed by atoms with E-state index in [0.29, 0.717) is 6.04 Å². The molecule has 0 spiro atoms. The summed E-state index contributed by atoms with van der Waals surface area (Å²) >= 11 is 1.77. The summed E-state index contributed by atoms with van der Waals surface area (Å²) in [5, 5.41) is 1.02. The number of thioether (sulfide) groups is 1. The van der Waals surface area contributed by atoms with Gasteiger partial charge >= 0.3 is 0 Å². The maximum Gasteiger partial charge on any atom is 0.148 e. The van der Waals surface area contributed by atoms with E-state index in [-0.39, 0.29) is 0 Å². The molecule has 23 heavy (non-hydrogen) atoms. The van der Waals surface area contributed by atoms with Crippen LogP contribution in [0.15, 0.2) is 47.8 Å². The third-order valence-electron chi connectivity index (χ3n) is 4.78. The molecule has 3 saturated heterocycles. The Kier molecular flexibility index (Phi) is 4.48. The van der Waals surface area contributed by atoms with Crippen LogP contribution in [0.2, 0.25) is 0 Å². The number of nitrogens with zero attached hydrogens (tertiary/aromatic N) is 4. The molecule has 1 aromatic heterocycles. The molecule has 5 rings (SSSR count). The number of hydrogen-bond acceptors (Lipinski definition) is 5. The van der Waals surface area contributed by atoms with Gasteiger partial charge in [0.05, 0.1) is 12.4 Å². The van der Waals surface area contributed by atoms with Crippen molar-refractivity contribution in [2.45, 2.75) is 29.7 Å². The second-order valence-electron chi connectivity index (χ2n) is 6.26. The molecule has 5 heteroatoms. The van der Waals surface area contributed by atoms with Gasteiger partial charge in [-0.05, 0) is 18.4 Å². The molecule has 120 valence electrons. The highest BCUT2D eigenvalue weighted by atomic mass is 32.2. The lowest BCUT2D eigenvalue weighted by Gasteiger charge is -2.32. The molecule has 1 aromatic carbocycles. The Morgan fingerprint density at radius 3 is 2.65 bits per heavy atom. The van der Waals surface area contributed by atoms with E-state index in [1.54, 1.807) is 11.8 Å². The molecule has 4 heterocycles. The molecule has 0 amide bonds. The highest BCUT2D eigenvalue weighted by Gasteiger charge is 2.29. The van der Waals surface area contributed by atoms with E-state index in [9.17, 15) is 0 Å². The van der Waals surface area contributed by atoms with Gasteiger partial charge in [-0.25, -0.2) is 4.98 Å². The predicted octanol–water partition coefficient (Wildman–Crippen LogP) is 3.05. The number of hydrogen-bond donors (Lipinski definition) is 0. The Morgan fingerprint density at radius 2 is 1.83 bits per heavy atom. The minimum atomic E-state index is 0.637. The fourth-order valence-electron chi connectivity index (χ4n) is 3.47.